The summed E-state index contributed by atoms with van der Waals surface area (Å²) in [5.41, 5.74) is 0.267. The summed E-state index contributed by atoms with van der Waals surface area (Å²) in [5, 5.41) is 9.99. The molecule has 1 aromatic carbocycles. The van der Waals surface area contributed by atoms with E-state index in [9.17, 15) is 14.7 Å². The maximum atomic E-state index is 13.1. The van der Waals surface area contributed by atoms with Gasteiger partial charge in [-0.25, -0.2) is 0 Å². The fourth-order valence-electron chi connectivity index (χ4n) is 4.40. The molecule has 0 saturated carbocycles. The van der Waals surface area contributed by atoms with E-state index in [1.165, 1.54) is 6.07 Å². The second kappa shape index (κ2) is 7.86. The first-order chi connectivity index (χ1) is 13.1. The van der Waals surface area contributed by atoms with Crippen molar-refractivity contribution in [2.75, 3.05) is 45.9 Å². The van der Waals surface area contributed by atoms with E-state index in [1.54, 1.807) is 23.1 Å². The Balaban J connectivity index is 1.39. The zero-order valence-corrected chi connectivity index (χ0v) is 15.5. The number of amides is 2. The molecule has 1 N–H and O–H groups in total. The number of ether oxygens (including phenoxy) is 1. The van der Waals surface area contributed by atoms with Crippen LogP contribution < -0.4 is 0 Å². The average Bonchev–Trinajstić information content (AvgIpc) is 3.39. The number of aromatic hydroxyl groups is 1. The van der Waals surface area contributed by atoms with Gasteiger partial charge in [0.05, 0.1) is 12.2 Å². The van der Waals surface area contributed by atoms with Gasteiger partial charge >= 0.3 is 0 Å². The molecule has 7 nitrogen and oxygen atoms in total. The second-order valence-corrected chi connectivity index (χ2v) is 7.55. The first-order valence-corrected chi connectivity index (χ1v) is 9.84. The van der Waals surface area contributed by atoms with Gasteiger partial charge in [-0.1, -0.05) is 12.1 Å². The lowest BCUT2D eigenvalue weighted by Crippen LogP contribution is -2.56. The molecule has 0 radical (unpaired) electrons. The van der Waals surface area contributed by atoms with Crippen LogP contribution in [0.4, 0.5) is 0 Å². The van der Waals surface area contributed by atoms with E-state index in [-0.39, 0.29) is 23.1 Å². The Labute approximate surface area is 159 Å². The number of hydrogen-bond acceptors (Lipinski definition) is 5. The highest BCUT2D eigenvalue weighted by molar-refractivity contribution is 5.99. The minimum Gasteiger partial charge on any atom is -0.507 e. The molecule has 1 aromatic rings. The van der Waals surface area contributed by atoms with Gasteiger partial charge in [-0.2, -0.15) is 0 Å². The van der Waals surface area contributed by atoms with Crippen molar-refractivity contribution in [3.8, 4) is 5.75 Å². The zero-order chi connectivity index (χ0) is 18.8. The summed E-state index contributed by atoms with van der Waals surface area (Å²) in [6.45, 7) is 5.30. The number of rotatable bonds is 3. The van der Waals surface area contributed by atoms with Gasteiger partial charge in [0.2, 0.25) is 5.91 Å². The molecule has 0 bridgehead atoms. The molecule has 7 heteroatoms. The third-order valence-electron chi connectivity index (χ3n) is 5.98. The summed E-state index contributed by atoms with van der Waals surface area (Å²) in [6.07, 6.45) is 2.57. The van der Waals surface area contributed by atoms with E-state index < -0.39 is 6.04 Å². The van der Waals surface area contributed by atoms with Crippen molar-refractivity contribution in [1.82, 2.24) is 14.7 Å². The van der Waals surface area contributed by atoms with Crippen LogP contribution in [0.1, 0.15) is 29.6 Å². The summed E-state index contributed by atoms with van der Waals surface area (Å²) in [4.78, 5) is 31.9. The van der Waals surface area contributed by atoms with Crippen LogP contribution in [0.5, 0.6) is 5.75 Å². The Morgan fingerprint density at radius 1 is 1.04 bits per heavy atom. The Morgan fingerprint density at radius 2 is 1.81 bits per heavy atom. The monoisotopic (exact) mass is 373 g/mol. The Bertz CT molecular complexity index is 696. The minimum absolute atomic E-state index is 0.0343. The molecule has 0 aromatic heterocycles. The van der Waals surface area contributed by atoms with Crippen LogP contribution >= 0.6 is 0 Å². The van der Waals surface area contributed by atoms with E-state index in [4.69, 9.17) is 4.74 Å². The Hall–Kier alpha value is -2.12. The third-order valence-corrected chi connectivity index (χ3v) is 5.98. The molecule has 3 aliphatic heterocycles. The van der Waals surface area contributed by atoms with Gasteiger partial charge in [0, 0.05) is 45.4 Å². The van der Waals surface area contributed by atoms with Crippen LogP contribution in [0.2, 0.25) is 0 Å². The summed E-state index contributed by atoms with van der Waals surface area (Å²) in [7, 11) is 0. The van der Waals surface area contributed by atoms with Crippen LogP contribution in [-0.4, -0.2) is 89.6 Å². The predicted molar refractivity (Wildman–Crippen MR) is 99.5 cm³/mol. The molecule has 2 unspecified atom stereocenters. The minimum atomic E-state index is -0.418. The van der Waals surface area contributed by atoms with Crippen molar-refractivity contribution in [3.05, 3.63) is 29.8 Å². The fourth-order valence-corrected chi connectivity index (χ4v) is 4.40. The van der Waals surface area contributed by atoms with Crippen LogP contribution in [-0.2, 0) is 9.53 Å². The van der Waals surface area contributed by atoms with Gasteiger partial charge in [0.15, 0.2) is 0 Å². The van der Waals surface area contributed by atoms with E-state index >= 15 is 0 Å². The third kappa shape index (κ3) is 3.66. The standard InChI is InChI=1S/C20H27N3O4/c24-18-6-2-1-4-16(18)19(25)23-8-3-5-17(23)20(26)22-11-9-21(10-12-22)15-7-13-27-14-15/h1-2,4,6,15,17,24H,3,5,7-14H2. The van der Waals surface area contributed by atoms with E-state index in [1.807, 2.05) is 4.90 Å². The molecule has 0 spiro atoms. The zero-order valence-electron chi connectivity index (χ0n) is 15.5. The first-order valence-electron chi connectivity index (χ1n) is 9.84. The summed E-state index contributed by atoms with van der Waals surface area (Å²) < 4.78 is 5.47. The largest absolute Gasteiger partial charge is 0.507 e. The van der Waals surface area contributed by atoms with Crippen molar-refractivity contribution < 1.29 is 19.4 Å². The summed E-state index contributed by atoms with van der Waals surface area (Å²) in [5.74, 6) is -0.253. The molecule has 2 amide bonds. The number of para-hydroxylation sites is 1. The normalized spacial score (nSPS) is 26.5. The molecule has 3 heterocycles. The Morgan fingerprint density at radius 3 is 2.52 bits per heavy atom. The van der Waals surface area contributed by atoms with Crippen molar-refractivity contribution in [3.63, 3.8) is 0 Å². The number of carbonyl (C=O) groups excluding carboxylic acids is 2. The highest BCUT2D eigenvalue weighted by Gasteiger charge is 2.38. The predicted octanol–water partition coefficient (Wildman–Crippen LogP) is 0.930. The molecule has 3 fully saturated rings. The number of phenols is 1. The highest BCUT2D eigenvalue weighted by Crippen LogP contribution is 2.26. The molecule has 27 heavy (non-hydrogen) atoms. The number of likely N-dealkylation sites (tertiary alicyclic amines) is 1. The van der Waals surface area contributed by atoms with Crippen molar-refractivity contribution in [2.45, 2.75) is 31.3 Å². The molecule has 4 rings (SSSR count). The topological polar surface area (TPSA) is 73.3 Å². The maximum Gasteiger partial charge on any atom is 0.258 e. The molecular weight excluding hydrogens is 346 g/mol. The highest BCUT2D eigenvalue weighted by atomic mass is 16.5. The molecule has 3 saturated heterocycles. The maximum absolute atomic E-state index is 13.1. The number of piperazine rings is 1. The van der Waals surface area contributed by atoms with E-state index in [0.717, 1.165) is 39.1 Å². The molecule has 146 valence electrons. The van der Waals surface area contributed by atoms with Crippen LogP contribution in [0.3, 0.4) is 0 Å². The van der Waals surface area contributed by atoms with Crippen LogP contribution in [0, 0.1) is 0 Å². The van der Waals surface area contributed by atoms with Crippen LogP contribution in [0.15, 0.2) is 24.3 Å². The number of nitrogens with zero attached hydrogens (tertiary/aromatic N) is 3. The summed E-state index contributed by atoms with van der Waals surface area (Å²) >= 11 is 0. The number of phenolic OH excluding ortho intramolecular Hbond substituents is 1. The number of benzene rings is 1. The van der Waals surface area contributed by atoms with E-state index in [0.29, 0.717) is 32.1 Å². The lowest BCUT2D eigenvalue weighted by atomic mass is 10.1. The average molecular weight is 373 g/mol. The Kier molecular flexibility index (Phi) is 5.31. The quantitative estimate of drug-likeness (QED) is 0.853. The number of hydrogen-bond donors (Lipinski definition) is 1. The molecule has 3 aliphatic rings. The molecule has 0 aliphatic carbocycles. The van der Waals surface area contributed by atoms with Gasteiger partial charge in [0.1, 0.15) is 11.8 Å². The van der Waals surface area contributed by atoms with Gasteiger partial charge in [-0.15, -0.1) is 0 Å². The van der Waals surface area contributed by atoms with Crippen LogP contribution in [0.25, 0.3) is 0 Å². The second-order valence-electron chi connectivity index (χ2n) is 7.55. The van der Waals surface area contributed by atoms with Crippen molar-refractivity contribution >= 4 is 11.8 Å². The fraction of sp³-hybridized carbons (Fsp3) is 0.600. The first kappa shape index (κ1) is 18.3. The summed E-state index contributed by atoms with van der Waals surface area (Å²) in [6, 6.07) is 6.59. The molecule has 2 atom stereocenters. The van der Waals surface area contributed by atoms with Crippen molar-refractivity contribution in [2.24, 2.45) is 0 Å². The van der Waals surface area contributed by atoms with E-state index in [2.05, 4.69) is 4.90 Å². The molecular formula is C20H27N3O4. The number of carbonyl (C=O) groups is 2. The van der Waals surface area contributed by atoms with Gasteiger partial charge < -0.3 is 19.6 Å². The van der Waals surface area contributed by atoms with Gasteiger partial charge in [-0.3, -0.25) is 14.5 Å². The van der Waals surface area contributed by atoms with Crippen molar-refractivity contribution in [1.29, 1.82) is 0 Å². The van der Waals surface area contributed by atoms with Gasteiger partial charge in [-0.05, 0) is 31.4 Å². The van der Waals surface area contributed by atoms with Gasteiger partial charge in [0.25, 0.3) is 5.91 Å². The SMILES string of the molecule is O=C(C1CCCN1C(=O)c1ccccc1O)N1CCN(C2CCOC2)CC1. The smallest absolute Gasteiger partial charge is 0.258 e. The lowest BCUT2D eigenvalue weighted by molar-refractivity contribution is -0.137. The lowest BCUT2D eigenvalue weighted by Gasteiger charge is -2.39.